The van der Waals surface area contributed by atoms with Crippen molar-refractivity contribution in [1.82, 2.24) is 9.55 Å². The van der Waals surface area contributed by atoms with E-state index in [0.717, 1.165) is 22.3 Å². The van der Waals surface area contributed by atoms with E-state index in [1.54, 1.807) is 19.6 Å². The van der Waals surface area contributed by atoms with Gasteiger partial charge >= 0.3 is 0 Å². The molecule has 0 amide bonds. The van der Waals surface area contributed by atoms with E-state index in [4.69, 9.17) is 16.3 Å². The third-order valence-corrected chi connectivity index (χ3v) is 3.40. The molecule has 0 N–H and O–H groups in total. The van der Waals surface area contributed by atoms with Gasteiger partial charge in [0.25, 0.3) is 0 Å². The van der Waals surface area contributed by atoms with Crippen molar-refractivity contribution in [2.24, 2.45) is 0 Å². The van der Waals surface area contributed by atoms with Gasteiger partial charge < -0.3 is 9.30 Å². The number of nitrogens with zero attached hydrogens (tertiary/aromatic N) is 2. The van der Waals surface area contributed by atoms with Gasteiger partial charge in [0.05, 0.1) is 18.9 Å². The van der Waals surface area contributed by atoms with Gasteiger partial charge in [0.15, 0.2) is 0 Å². The molecule has 1 aromatic carbocycles. The van der Waals surface area contributed by atoms with Crippen molar-refractivity contribution in [2.75, 3.05) is 7.11 Å². The number of halogens is 1. The Kier molecular flexibility index (Phi) is 3.44. The molecule has 0 unspecified atom stereocenters. The highest BCUT2D eigenvalue weighted by Crippen LogP contribution is 2.28. The highest BCUT2D eigenvalue weighted by molar-refractivity contribution is 6.34. The second-order valence-electron chi connectivity index (χ2n) is 4.31. The van der Waals surface area contributed by atoms with Crippen molar-refractivity contribution in [3.05, 3.63) is 65.8 Å². The fourth-order valence-electron chi connectivity index (χ4n) is 2.24. The van der Waals surface area contributed by atoms with Crippen LogP contribution in [-0.4, -0.2) is 16.7 Å². The number of benzene rings is 1. The maximum absolute atomic E-state index is 6.18. The average Bonchev–Trinajstić information content (AvgIpc) is 2.86. The molecule has 2 aromatic heterocycles. The lowest BCUT2D eigenvalue weighted by atomic mass is 10.3. The lowest BCUT2D eigenvalue weighted by molar-refractivity contribution is 0.341. The lowest BCUT2D eigenvalue weighted by Crippen LogP contribution is -1.95. The van der Waals surface area contributed by atoms with Gasteiger partial charge in [0.1, 0.15) is 5.15 Å². The maximum Gasteiger partial charge on any atom is 0.138 e. The van der Waals surface area contributed by atoms with Gasteiger partial charge in [-0.05, 0) is 30.3 Å². The van der Waals surface area contributed by atoms with Crippen LogP contribution in [0.15, 0.2) is 54.9 Å². The first-order valence-corrected chi connectivity index (χ1v) is 6.60. The van der Waals surface area contributed by atoms with Gasteiger partial charge in [-0.15, -0.1) is 0 Å². The van der Waals surface area contributed by atoms with Crippen LogP contribution in [-0.2, 0) is 4.74 Å². The topological polar surface area (TPSA) is 27.1 Å². The van der Waals surface area contributed by atoms with E-state index in [2.05, 4.69) is 21.7 Å². The molecule has 4 heteroatoms. The monoisotopic (exact) mass is 284 g/mol. The molecule has 0 aliphatic carbocycles. The summed E-state index contributed by atoms with van der Waals surface area (Å²) in [4.78, 5) is 4.13. The molecule has 0 saturated carbocycles. The van der Waals surface area contributed by atoms with E-state index in [-0.39, 0.29) is 0 Å². The van der Waals surface area contributed by atoms with E-state index in [1.807, 2.05) is 36.4 Å². The summed E-state index contributed by atoms with van der Waals surface area (Å²) in [7, 11) is 1.63. The van der Waals surface area contributed by atoms with Crippen molar-refractivity contribution in [2.45, 2.75) is 0 Å². The summed E-state index contributed by atoms with van der Waals surface area (Å²) in [5.41, 5.74) is 3.08. The second kappa shape index (κ2) is 5.39. The fourth-order valence-corrected chi connectivity index (χ4v) is 2.45. The Morgan fingerprint density at radius 1 is 1.20 bits per heavy atom. The molecule has 0 bridgehead atoms. The molecule has 20 heavy (non-hydrogen) atoms. The SMILES string of the molecule is COC=Cc1cc2c(Cl)nccc2n1-c1ccccc1. The molecule has 0 saturated heterocycles. The van der Waals surface area contributed by atoms with Gasteiger partial charge in [-0.1, -0.05) is 29.8 Å². The average molecular weight is 285 g/mol. The van der Waals surface area contributed by atoms with Gasteiger partial charge in [-0.3, -0.25) is 0 Å². The van der Waals surface area contributed by atoms with Crippen LogP contribution >= 0.6 is 11.6 Å². The Bertz CT molecular complexity index is 763. The number of para-hydroxylation sites is 1. The number of hydrogen-bond acceptors (Lipinski definition) is 2. The number of fused-ring (bicyclic) bond motifs is 1. The van der Waals surface area contributed by atoms with Crippen LogP contribution in [0.4, 0.5) is 0 Å². The molecule has 2 heterocycles. The summed E-state index contributed by atoms with van der Waals surface area (Å²) in [5, 5.41) is 1.43. The number of pyridine rings is 1. The predicted molar refractivity (Wildman–Crippen MR) is 82.1 cm³/mol. The normalized spacial score (nSPS) is 11.3. The third kappa shape index (κ3) is 2.17. The van der Waals surface area contributed by atoms with E-state index in [1.165, 1.54) is 0 Å². The smallest absolute Gasteiger partial charge is 0.138 e. The summed E-state index contributed by atoms with van der Waals surface area (Å²) in [6, 6.07) is 14.1. The highest BCUT2D eigenvalue weighted by atomic mass is 35.5. The summed E-state index contributed by atoms with van der Waals surface area (Å²) in [6.07, 6.45) is 5.27. The van der Waals surface area contributed by atoms with E-state index < -0.39 is 0 Å². The minimum atomic E-state index is 0.504. The minimum absolute atomic E-state index is 0.504. The molecule has 0 aliphatic heterocycles. The van der Waals surface area contributed by atoms with Crippen LogP contribution in [0.25, 0.3) is 22.7 Å². The van der Waals surface area contributed by atoms with Gasteiger partial charge in [-0.25, -0.2) is 4.98 Å². The molecule has 0 radical (unpaired) electrons. The van der Waals surface area contributed by atoms with E-state index in [0.29, 0.717) is 5.15 Å². The largest absolute Gasteiger partial charge is 0.504 e. The highest BCUT2D eigenvalue weighted by Gasteiger charge is 2.11. The maximum atomic E-state index is 6.18. The quantitative estimate of drug-likeness (QED) is 0.530. The third-order valence-electron chi connectivity index (χ3n) is 3.10. The first-order valence-electron chi connectivity index (χ1n) is 6.22. The fraction of sp³-hybridized carbons (Fsp3) is 0.0625. The Morgan fingerprint density at radius 2 is 2.00 bits per heavy atom. The number of rotatable bonds is 3. The van der Waals surface area contributed by atoms with Crippen LogP contribution < -0.4 is 0 Å². The lowest BCUT2D eigenvalue weighted by Gasteiger charge is -2.08. The van der Waals surface area contributed by atoms with Crippen LogP contribution in [0.5, 0.6) is 0 Å². The van der Waals surface area contributed by atoms with Crippen LogP contribution in [0.3, 0.4) is 0 Å². The molecule has 100 valence electrons. The summed E-state index contributed by atoms with van der Waals surface area (Å²) in [5.74, 6) is 0. The van der Waals surface area contributed by atoms with E-state index in [9.17, 15) is 0 Å². The van der Waals surface area contributed by atoms with E-state index >= 15 is 0 Å². The Labute approximate surface area is 122 Å². The van der Waals surface area contributed by atoms with Crippen molar-refractivity contribution in [3.63, 3.8) is 0 Å². The molecule has 3 nitrogen and oxygen atoms in total. The summed E-state index contributed by atoms with van der Waals surface area (Å²) in [6.45, 7) is 0. The first kappa shape index (κ1) is 12.8. The molecule has 3 rings (SSSR count). The van der Waals surface area contributed by atoms with Crippen LogP contribution in [0.1, 0.15) is 5.69 Å². The predicted octanol–water partition coefficient (Wildman–Crippen LogP) is 4.30. The number of hydrogen-bond donors (Lipinski definition) is 0. The first-order chi connectivity index (χ1) is 9.81. The number of methoxy groups -OCH3 is 1. The van der Waals surface area contributed by atoms with Crippen molar-refractivity contribution in [3.8, 4) is 5.69 Å². The molecular formula is C16H13ClN2O. The molecule has 0 fully saturated rings. The van der Waals surface area contributed by atoms with Gasteiger partial charge in [0, 0.05) is 23.0 Å². The number of aromatic nitrogens is 2. The molecule has 0 aliphatic rings. The molecule has 3 aromatic rings. The zero-order chi connectivity index (χ0) is 13.9. The number of ether oxygens (including phenoxy) is 1. The van der Waals surface area contributed by atoms with Gasteiger partial charge in [-0.2, -0.15) is 0 Å². The van der Waals surface area contributed by atoms with Crippen LogP contribution in [0, 0.1) is 0 Å². The molecule has 0 spiro atoms. The zero-order valence-corrected chi connectivity index (χ0v) is 11.7. The zero-order valence-electron chi connectivity index (χ0n) is 11.0. The molecule has 0 atom stereocenters. The van der Waals surface area contributed by atoms with Crippen molar-refractivity contribution in [1.29, 1.82) is 0 Å². The second-order valence-corrected chi connectivity index (χ2v) is 4.67. The molecular weight excluding hydrogens is 272 g/mol. The summed E-state index contributed by atoms with van der Waals surface area (Å²) < 4.78 is 7.14. The standard InChI is InChI=1S/C16H13ClN2O/c1-20-10-8-13-11-14-15(7-9-18-16(14)17)19(13)12-5-3-2-4-6-12/h2-11H,1H3. The summed E-state index contributed by atoms with van der Waals surface area (Å²) >= 11 is 6.18. The minimum Gasteiger partial charge on any atom is -0.504 e. The van der Waals surface area contributed by atoms with Crippen LogP contribution in [0.2, 0.25) is 5.15 Å². The van der Waals surface area contributed by atoms with Crippen molar-refractivity contribution < 1.29 is 4.74 Å². The Hall–Kier alpha value is -2.26. The Balaban J connectivity index is 2.32. The van der Waals surface area contributed by atoms with Gasteiger partial charge in [0.2, 0.25) is 0 Å². The van der Waals surface area contributed by atoms with Crippen molar-refractivity contribution >= 4 is 28.6 Å². The Morgan fingerprint density at radius 3 is 2.75 bits per heavy atom.